The van der Waals surface area contributed by atoms with E-state index in [4.69, 9.17) is 4.74 Å². The molecule has 1 aromatic carbocycles. The van der Waals surface area contributed by atoms with Gasteiger partial charge in [0.25, 0.3) is 15.9 Å². The minimum Gasteiger partial charge on any atom is -0.378 e. The lowest BCUT2D eigenvalue weighted by molar-refractivity contribution is -0.118. The second-order valence-corrected chi connectivity index (χ2v) is 10.4. The second-order valence-electron chi connectivity index (χ2n) is 8.69. The summed E-state index contributed by atoms with van der Waals surface area (Å²) in [5.41, 5.74) is 0.544. The summed E-state index contributed by atoms with van der Waals surface area (Å²) >= 11 is 0. The molecule has 0 saturated carbocycles. The van der Waals surface area contributed by atoms with E-state index in [-0.39, 0.29) is 22.5 Å². The van der Waals surface area contributed by atoms with Gasteiger partial charge in [0.15, 0.2) is 5.03 Å². The number of anilines is 1. The van der Waals surface area contributed by atoms with Crippen LogP contribution in [0, 0.1) is 11.7 Å². The summed E-state index contributed by atoms with van der Waals surface area (Å²) in [4.78, 5) is 29.8. The van der Waals surface area contributed by atoms with Crippen molar-refractivity contribution in [1.82, 2.24) is 20.3 Å². The van der Waals surface area contributed by atoms with E-state index < -0.39 is 33.7 Å². The van der Waals surface area contributed by atoms with Gasteiger partial charge in [0.1, 0.15) is 11.9 Å². The van der Waals surface area contributed by atoms with Crippen molar-refractivity contribution < 1.29 is 27.1 Å². The number of nitrogens with one attached hydrogen (secondary N) is 4. The van der Waals surface area contributed by atoms with Crippen LogP contribution < -0.4 is 20.7 Å². The molecule has 2 aliphatic rings. The van der Waals surface area contributed by atoms with Crippen LogP contribution in [0.15, 0.2) is 47.6 Å². The van der Waals surface area contributed by atoms with Gasteiger partial charge in [-0.3, -0.25) is 9.59 Å². The molecule has 4 N–H and O–H groups in total. The number of hydrogen-bond acceptors (Lipinski definition) is 7. The molecular formula is C23H28FN5O5S. The van der Waals surface area contributed by atoms with E-state index >= 15 is 0 Å². The van der Waals surface area contributed by atoms with Gasteiger partial charge < -0.3 is 20.7 Å². The number of ether oxygens (including phenoxy) is 1. The van der Waals surface area contributed by atoms with Crippen molar-refractivity contribution in [2.75, 3.05) is 31.6 Å². The Morgan fingerprint density at radius 2 is 1.83 bits per heavy atom. The zero-order chi connectivity index (χ0) is 24.8. The Morgan fingerprint density at radius 3 is 2.43 bits per heavy atom. The summed E-state index contributed by atoms with van der Waals surface area (Å²) < 4.78 is 45.5. The number of carbonyl (C=O) groups is 2. The molecule has 0 aliphatic carbocycles. The number of sulfonamides is 1. The molecule has 2 fully saturated rings. The molecular weight excluding hydrogens is 477 g/mol. The molecule has 188 valence electrons. The van der Waals surface area contributed by atoms with Crippen LogP contribution in [0.5, 0.6) is 0 Å². The van der Waals surface area contributed by atoms with Crippen molar-refractivity contribution in [3.63, 3.8) is 0 Å². The third-order valence-corrected chi connectivity index (χ3v) is 7.43. The molecule has 0 bridgehead atoms. The van der Waals surface area contributed by atoms with Gasteiger partial charge in [-0.05, 0) is 74.7 Å². The largest absolute Gasteiger partial charge is 0.378 e. The van der Waals surface area contributed by atoms with Gasteiger partial charge in [0, 0.05) is 5.56 Å². The van der Waals surface area contributed by atoms with E-state index in [2.05, 4.69) is 25.7 Å². The van der Waals surface area contributed by atoms with Crippen LogP contribution in [0.25, 0.3) is 0 Å². The number of hydrogen-bond donors (Lipinski definition) is 4. The molecule has 2 aliphatic heterocycles. The van der Waals surface area contributed by atoms with Crippen molar-refractivity contribution in [2.24, 2.45) is 5.92 Å². The first-order valence-corrected chi connectivity index (χ1v) is 12.9. The number of halogens is 1. The van der Waals surface area contributed by atoms with Gasteiger partial charge in [0.05, 0.1) is 31.1 Å². The average molecular weight is 506 g/mol. The van der Waals surface area contributed by atoms with Gasteiger partial charge in [0.2, 0.25) is 5.91 Å². The molecule has 3 heterocycles. The highest BCUT2D eigenvalue weighted by atomic mass is 32.2. The third kappa shape index (κ3) is 6.82. The van der Waals surface area contributed by atoms with Gasteiger partial charge in [-0.15, -0.1) is 0 Å². The number of carbonyl (C=O) groups excluding carboxylic acids is 2. The molecule has 1 unspecified atom stereocenters. The van der Waals surface area contributed by atoms with E-state index in [1.54, 1.807) is 0 Å². The molecule has 2 saturated heterocycles. The van der Waals surface area contributed by atoms with Gasteiger partial charge >= 0.3 is 0 Å². The maximum Gasteiger partial charge on any atom is 0.258 e. The second kappa shape index (κ2) is 11.2. The SMILES string of the molecule is O=C(NC(CC1CCNCC1)C(=O)Nc1ccc(S(=O)(=O)NC2COC2)nc1)c1ccc(F)cc1. The number of nitrogens with zero attached hydrogens (tertiary/aromatic N) is 1. The van der Waals surface area contributed by atoms with E-state index in [1.165, 1.54) is 42.6 Å². The van der Waals surface area contributed by atoms with E-state index in [9.17, 15) is 22.4 Å². The zero-order valence-electron chi connectivity index (χ0n) is 19.0. The van der Waals surface area contributed by atoms with Crippen molar-refractivity contribution in [1.29, 1.82) is 0 Å². The van der Waals surface area contributed by atoms with Gasteiger partial charge in [-0.2, -0.15) is 0 Å². The first kappa shape index (κ1) is 25.2. The Morgan fingerprint density at radius 1 is 1.11 bits per heavy atom. The summed E-state index contributed by atoms with van der Waals surface area (Å²) in [5.74, 6) is -1.14. The molecule has 2 amide bonds. The number of pyridine rings is 1. The first-order chi connectivity index (χ1) is 16.8. The molecule has 1 aromatic heterocycles. The van der Waals surface area contributed by atoms with Crippen LogP contribution >= 0.6 is 0 Å². The van der Waals surface area contributed by atoms with Crippen molar-refractivity contribution in [3.05, 3.63) is 54.0 Å². The van der Waals surface area contributed by atoms with Crippen LogP contribution in [0.2, 0.25) is 0 Å². The zero-order valence-corrected chi connectivity index (χ0v) is 19.8. The number of piperidine rings is 1. The number of benzene rings is 1. The first-order valence-electron chi connectivity index (χ1n) is 11.4. The number of rotatable bonds is 9. The minimum absolute atomic E-state index is 0.168. The Kier molecular flexibility index (Phi) is 8.06. The Bertz CT molecular complexity index is 1130. The highest BCUT2D eigenvalue weighted by Gasteiger charge is 2.28. The summed E-state index contributed by atoms with van der Waals surface area (Å²) in [6, 6.07) is 6.72. The molecule has 2 aromatic rings. The fourth-order valence-corrected chi connectivity index (χ4v) is 5.09. The minimum atomic E-state index is -3.79. The van der Waals surface area contributed by atoms with Crippen LogP contribution in [0.3, 0.4) is 0 Å². The van der Waals surface area contributed by atoms with Crippen molar-refractivity contribution in [3.8, 4) is 0 Å². The van der Waals surface area contributed by atoms with Crippen LogP contribution in [-0.4, -0.2) is 63.6 Å². The predicted molar refractivity (Wildman–Crippen MR) is 126 cm³/mol. The lowest BCUT2D eigenvalue weighted by Crippen LogP contribution is -2.48. The normalized spacial score (nSPS) is 17.9. The van der Waals surface area contributed by atoms with Crippen LogP contribution in [0.4, 0.5) is 10.1 Å². The molecule has 1 atom stereocenters. The predicted octanol–water partition coefficient (Wildman–Crippen LogP) is 1.02. The van der Waals surface area contributed by atoms with E-state index in [1.807, 2.05) is 0 Å². The number of amides is 2. The summed E-state index contributed by atoms with van der Waals surface area (Å²) in [5, 5.41) is 8.57. The molecule has 10 nitrogen and oxygen atoms in total. The molecule has 4 rings (SSSR count). The topological polar surface area (TPSA) is 139 Å². The molecule has 35 heavy (non-hydrogen) atoms. The smallest absolute Gasteiger partial charge is 0.258 e. The number of aromatic nitrogens is 1. The maximum atomic E-state index is 13.2. The van der Waals surface area contributed by atoms with Crippen molar-refractivity contribution >= 4 is 27.5 Å². The maximum absolute atomic E-state index is 13.2. The highest BCUT2D eigenvalue weighted by molar-refractivity contribution is 7.89. The summed E-state index contributed by atoms with van der Waals surface area (Å²) in [7, 11) is -3.79. The average Bonchev–Trinajstić information content (AvgIpc) is 2.82. The van der Waals surface area contributed by atoms with Gasteiger partial charge in [-0.25, -0.2) is 22.5 Å². The fourth-order valence-electron chi connectivity index (χ4n) is 3.95. The Hall–Kier alpha value is -2.93. The summed E-state index contributed by atoms with van der Waals surface area (Å²) in [6.07, 6.45) is 3.45. The third-order valence-electron chi connectivity index (χ3n) is 6.00. The highest BCUT2D eigenvalue weighted by Crippen LogP contribution is 2.20. The monoisotopic (exact) mass is 505 g/mol. The lowest BCUT2D eigenvalue weighted by Gasteiger charge is -2.27. The lowest BCUT2D eigenvalue weighted by atomic mass is 9.90. The van der Waals surface area contributed by atoms with E-state index in [0.29, 0.717) is 25.3 Å². The quantitative estimate of drug-likeness (QED) is 0.399. The van der Waals surface area contributed by atoms with Crippen LogP contribution in [-0.2, 0) is 19.6 Å². The fraction of sp³-hybridized carbons (Fsp3) is 0.435. The standard InChI is InChI=1S/C23H28FN5O5S/c24-17-3-1-16(2-4-17)22(30)28-20(11-15-7-9-25-10-8-15)23(31)27-18-5-6-21(26-12-18)35(32,33)29-19-13-34-14-19/h1-6,12,15,19-20,25,29H,7-11,13-14H2,(H,27,31)(H,28,30). The van der Waals surface area contributed by atoms with Gasteiger partial charge in [-0.1, -0.05) is 0 Å². The molecule has 12 heteroatoms. The Balaban J connectivity index is 1.43. The Labute approximate surface area is 203 Å². The molecule has 0 radical (unpaired) electrons. The van der Waals surface area contributed by atoms with Crippen molar-refractivity contribution in [2.45, 2.75) is 36.4 Å². The summed E-state index contributed by atoms with van der Waals surface area (Å²) in [6.45, 7) is 2.31. The van der Waals surface area contributed by atoms with Crippen LogP contribution in [0.1, 0.15) is 29.6 Å². The molecule has 0 spiro atoms. The van der Waals surface area contributed by atoms with E-state index in [0.717, 1.165) is 25.9 Å².